The van der Waals surface area contributed by atoms with Crippen molar-refractivity contribution in [2.45, 2.75) is 26.2 Å². The number of rotatable bonds is 10. The fraction of sp³-hybridized carbons (Fsp3) is 0.500. The van der Waals surface area contributed by atoms with Crippen LogP contribution in [0.4, 0.5) is 0 Å². The van der Waals surface area contributed by atoms with Gasteiger partial charge < -0.3 is 19.3 Å². The van der Waals surface area contributed by atoms with E-state index in [4.69, 9.17) is 9.47 Å². The summed E-state index contributed by atoms with van der Waals surface area (Å²) >= 11 is 3.62. The summed E-state index contributed by atoms with van der Waals surface area (Å²) in [7, 11) is 1.68. The minimum absolute atomic E-state index is 0.637. The van der Waals surface area contributed by atoms with Crippen LogP contribution in [0.2, 0.25) is 0 Å². The summed E-state index contributed by atoms with van der Waals surface area (Å²) in [6.07, 6.45) is 3.44. The van der Waals surface area contributed by atoms with Crippen LogP contribution in [-0.4, -0.2) is 62.8 Å². The smallest absolute Gasteiger partial charge is 0.174 e. The second-order valence-corrected chi connectivity index (χ2v) is 8.42. The normalized spacial score (nSPS) is 15.4. The Kier molecular flexibility index (Phi) is 8.84. The molecule has 29 heavy (non-hydrogen) atoms. The molecule has 1 heterocycles. The molecule has 1 aliphatic rings. The van der Waals surface area contributed by atoms with Crippen molar-refractivity contribution in [3.05, 3.63) is 58.1 Å². The number of aryl methyl sites for hydroxylation is 1. The van der Waals surface area contributed by atoms with Crippen molar-refractivity contribution in [1.82, 2.24) is 9.80 Å². The van der Waals surface area contributed by atoms with Gasteiger partial charge in [-0.25, -0.2) is 0 Å². The van der Waals surface area contributed by atoms with E-state index in [0.717, 1.165) is 42.0 Å². The molecule has 0 radical (unpaired) electrons. The zero-order valence-corrected chi connectivity index (χ0v) is 19.3. The van der Waals surface area contributed by atoms with E-state index in [1.807, 2.05) is 6.92 Å². The van der Waals surface area contributed by atoms with E-state index in [1.165, 1.54) is 43.6 Å². The molecule has 0 saturated carbocycles. The minimum atomic E-state index is 0.637. The monoisotopic (exact) mass is 460 g/mol. The molecular weight excluding hydrogens is 428 g/mol. The maximum atomic E-state index is 5.75. The number of halogens is 1. The lowest BCUT2D eigenvalue weighted by Gasteiger charge is -2.34. The van der Waals surface area contributed by atoms with Crippen LogP contribution >= 0.6 is 15.9 Å². The first-order valence-corrected chi connectivity index (χ1v) is 11.5. The lowest BCUT2D eigenvalue weighted by molar-refractivity contribution is 0.132. The van der Waals surface area contributed by atoms with Crippen molar-refractivity contribution in [3.63, 3.8) is 0 Å². The average molecular weight is 461 g/mol. The van der Waals surface area contributed by atoms with Crippen molar-refractivity contribution in [2.24, 2.45) is 0 Å². The number of hydrogen-bond donors (Lipinski definition) is 0. The third-order valence-electron chi connectivity index (χ3n) is 5.54. The second-order valence-electron chi connectivity index (χ2n) is 7.56. The molecule has 0 bridgehead atoms. The average Bonchev–Trinajstić information content (AvgIpc) is 2.74. The Morgan fingerprint density at radius 3 is 2.24 bits per heavy atom. The van der Waals surface area contributed by atoms with Gasteiger partial charge in [0.25, 0.3) is 0 Å². The SMILES string of the molecule is CCOc1cc(CCN2CCN(CCCc3ccccc3)CC2)cc(Br)c1OC. The van der Waals surface area contributed by atoms with E-state index >= 15 is 0 Å². The van der Waals surface area contributed by atoms with Gasteiger partial charge in [0.05, 0.1) is 18.2 Å². The van der Waals surface area contributed by atoms with Gasteiger partial charge in [0.1, 0.15) is 0 Å². The van der Waals surface area contributed by atoms with Crippen LogP contribution in [0.1, 0.15) is 24.5 Å². The molecule has 0 N–H and O–H groups in total. The molecule has 1 saturated heterocycles. The highest BCUT2D eigenvalue weighted by atomic mass is 79.9. The standard InChI is InChI=1S/C24H33BrN2O2/c1-3-29-23-19-21(18-22(25)24(23)28-2)11-13-27-16-14-26(15-17-27)12-7-10-20-8-5-4-6-9-20/h4-6,8-9,18-19H,3,7,10-17H2,1-2H3. The van der Waals surface area contributed by atoms with Crippen LogP contribution in [0, 0.1) is 0 Å². The van der Waals surface area contributed by atoms with Crippen molar-refractivity contribution in [2.75, 3.05) is 53.0 Å². The molecule has 3 rings (SSSR count). The Morgan fingerprint density at radius 2 is 1.59 bits per heavy atom. The summed E-state index contributed by atoms with van der Waals surface area (Å²) in [6.45, 7) is 9.57. The lowest BCUT2D eigenvalue weighted by atomic mass is 10.1. The number of benzene rings is 2. The molecule has 4 nitrogen and oxygen atoms in total. The first kappa shape index (κ1) is 22.1. The van der Waals surface area contributed by atoms with Gasteiger partial charge in [0.2, 0.25) is 0 Å². The summed E-state index contributed by atoms with van der Waals surface area (Å²) in [5, 5.41) is 0. The third-order valence-corrected chi connectivity index (χ3v) is 6.13. The Labute approximate surface area is 183 Å². The third kappa shape index (κ3) is 6.73. The molecule has 158 valence electrons. The highest BCUT2D eigenvalue weighted by Gasteiger charge is 2.17. The molecule has 0 spiro atoms. The van der Waals surface area contributed by atoms with Gasteiger partial charge in [0.15, 0.2) is 11.5 Å². The number of hydrogen-bond acceptors (Lipinski definition) is 4. The molecule has 5 heteroatoms. The Hall–Kier alpha value is -1.56. The Balaban J connectivity index is 1.40. The molecule has 0 atom stereocenters. The summed E-state index contributed by atoms with van der Waals surface area (Å²) in [6, 6.07) is 15.1. The van der Waals surface area contributed by atoms with Crippen LogP contribution < -0.4 is 9.47 Å². The van der Waals surface area contributed by atoms with Gasteiger partial charge in [-0.3, -0.25) is 0 Å². The quantitative estimate of drug-likeness (QED) is 0.515. The van der Waals surface area contributed by atoms with E-state index in [2.05, 4.69) is 68.2 Å². The molecule has 2 aromatic rings. The van der Waals surface area contributed by atoms with Crippen molar-refractivity contribution >= 4 is 15.9 Å². The molecule has 1 aliphatic heterocycles. The minimum Gasteiger partial charge on any atom is -0.492 e. The maximum absolute atomic E-state index is 5.75. The Morgan fingerprint density at radius 1 is 0.897 bits per heavy atom. The van der Waals surface area contributed by atoms with E-state index in [1.54, 1.807) is 7.11 Å². The highest BCUT2D eigenvalue weighted by Crippen LogP contribution is 2.36. The first-order chi connectivity index (χ1) is 14.2. The van der Waals surface area contributed by atoms with Crippen LogP contribution in [-0.2, 0) is 12.8 Å². The van der Waals surface area contributed by atoms with E-state index in [-0.39, 0.29) is 0 Å². The predicted octanol–water partition coefficient (Wildman–Crippen LogP) is 4.65. The van der Waals surface area contributed by atoms with Gasteiger partial charge in [-0.2, -0.15) is 0 Å². The molecule has 0 aromatic heterocycles. The van der Waals surface area contributed by atoms with Gasteiger partial charge in [-0.15, -0.1) is 0 Å². The van der Waals surface area contributed by atoms with E-state index in [0.29, 0.717) is 6.61 Å². The molecule has 1 fully saturated rings. The van der Waals surface area contributed by atoms with Gasteiger partial charge in [-0.1, -0.05) is 30.3 Å². The first-order valence-electron chi connectivity index (χ1n) is 10.7. The second kappa shape index (κ2) is 11.6. The molecule has 2 aromatic carbocycles. The summed E-state index contributed by atoms with van der Waals surface area (Å²) in [4.78, 5) is 5.18. The zero-order valence-electron chi connectivity index (χ0n) is 17.7. The van der Waals surface area contributed by atoms with Crippen molar-refractivity contribution in [1.29, 1.82) is 0 Å². The number of nitrogens with zero attached hydrogens (tertiary/aromatic N) is 2. The molecule has 0 amide bonds. The predicted molar refractivity (Wildman–Crippen MR) is 123 cm³/mol. The summed E-state index contributed by atoms with van der Waals surface area (Å²) < 4.78 is 12.2. The largest absolute Gasteiger partial charge is 0.492 e. The molecule has 0 unspecified atom stereocenters. The molecular formula is C24H33BrN2O2. The van der Waals surface area contributed by atoms with E-state index in [9.17, 15) is 0 Å². The fourth-order valence-electron chi connectivity index (χ4n) is 3.90. The topological polar surface area (TPSA) is 24.9 Å². The van der Waals surface area contributed by atoms with Gasteiger partial charge in [-0.05, 0) is 71.9 Å². The van der Waals surface area contributed by atoms with Gasteiger partial charge >= 0.3 is 0 Å². The fourth-order valence-corrected chi connectivity index (χ4v) is 4.55. The number of piperazine rings is 1. The van der Waals surface area contributed by atoms with Crippen LogP contribution in [0.25, 0.3) is 0 Å². The van der Waals surface area contributed by atoms with Crippen LogP contribution in [0.15, 0.2) is 46.9 Å². The van der Waals surface area contributed by atoms with Crippen molar-refractivity contribution < 1.29 is 9.47 Å². The Bertz CT molecular complexity index is 746. The van der Waals surface area contributed by atoms with Crippen LogP contribution in [0.5, 0.6) is 11.5 Å². The number of ether oxygens (including phenoxy) is 2. The summed E-state index contributed by atoms with van der Waals surface area (Å²) in [5.41, 5.74) is 2.73. The number of methoxy groups -OCH3 is 1. The van der Waals surface area contributed by atoms with E-state index < -0.39 is 0 Å². The lowest BCUT2D eigenvalue weighted by Crippen LogP contribution is -2.47. The molecule has 0 aliphatic carbocycles. The van der Waals surface area contributed by atoms with Gasteiger partial charge in [0, 0.05) is 32.7 Å². The maximum Gasteiger partial charge on any atom is 0.174 e. The summed E-state index contributed by atoms with van der Waals surface area (Å²) in [5.74, 6) is 1.60. The zero-order chi connectivity index (χ0) is 20.5. The van der Waals surface area contributed by atoms with Crippen molar-refractivity contribution in [3.8, 4) is 11.5 Å². The highest BCUT2D eigenvalue weighted by molar-refractivity contribution is 9.10. The van der Waals surface area contributed by atoms with Crippen LogP contribution in [0.3, 0.4) is 0 Å².